The Kier molecular flexibility index (Phi) is 2.67. The Morgan fingerprint density at radius 3 is 2.53 bits per heavy atom. The fraction of sp³-hybridized carbons (Fsp3) is 0.125. The topological polar surface area (TPSA) is 51.8 Å². The van der Waals surface area contributed by atoms with Crippen molar-refractivity contribution in [1.82, 2.24) is 9.97 Å². The molecule has 1 aromatic heterocycles. The smallest absolute Gasteiger partial charge is 0.162 e. The van der Waals surface area contributed by atoms with Crippen molar-refractivity contribution in [3.8, 4) is 11.4 Å². The maximum atomic E-state index is 6.05. The minimum atomic E-state index is 0.533. The number of rotatable bonds is 1. The minimum absolute atomic E-state index is 0.533. The maximum absolute atomic E-state index is 6.05. The molecule has 3 rings (SSSR count). The van der Waals surface area contributed by atoms with Crippen molar-refractivity contribution in [2.24, 2.45) is 0 Å². The van der Waals surface area contributed by atoms with E-state index >= 15 is 0 Å². The number of para-hydroxylation sites is 1. The molecule has 0 spiro atoms. The second-order valence-electron chi connectivity index (χ2n) is 4.77. The third kappa shape index (κ3) is 2.03. The van der Waals surface area contributed by atoms with Gasteiger partial charge in [0.05, 0.1) is 5.52 Å². The summed E-state index contributed by atoms with van der Waals surface area (Å²) in [5.74, 6) is 1.22. The van der Waals surface area contributed by atoms with Gasteiger partial charge in [0, 0.05) is 10.9 Å². The molecule has 0 amide bonds. The molecule has 3 aromatic rings. The molecule has 0 unspecified atom stereocenters. The highest BCUT2D eigenvalue weighted by Gasteiger charge is 2.08. The number of nitrogens with two attached hydrogens (primary N) is 1. The van der Waals surface area contributed by atoms with Gasteiger partial charge in [-0.05, 0) is 31.5 Å². The fourth-order valence-electron chi connectivity index (χ4n) is 2.23. The summed E-state index contributed by atoms with van der Waals surface area (Å²) < 4.78 is 0. The van der Waals surface area contributed by atoms with Crippen LogP contribution in [0.15, 0.2) is 42.5 Å². The van der Waals surface area contributed by atoms with Gasteiger partial charge in [-0.2, -0.15) is 0 Å². The van der Waals surface area contributed by atoms with Crippen LogP contribution in [-0.4, -0.2) is 9.97 Å². The lowest BCUT2D eigenvalue weighted by Crippen LogP contribution is -1.99. The number of nitrogen functional groups attached to an aromatic ring is 1. The molecule has 0 atom stereocenters. The van der Waals surface area contributed by atoms with Gasteiger partial charge in [-0.15, -0.1) is 0 Å². The molecule has 3 heteroatoms. The van der Waals surface area contributed by atoms with E-state index in [-0.39, 0.29) is 0 Å². The molecule has 3 nitrogen and oxygen atoms in total. The Morgan fingerprint density at radius 2 is 1.74 bits per heavy atom. The first-order valence-electron chi connectivity index (χ1n) is 6.25. The van der Waals surface area contributed by atoms with E-state index in [2.05, 4.69) is 29.0 Å². The summed E-state index contributed by atoms with van der Waals surface area (Å²) in [4.78, 5) is 9.08. The predicted molar refractivity (Wildman–Crippen MR) is 78.9 cm³/mol. The van der Waals surface area contributed by atoms with E-state index < -0.39 is 0 Å². The molecule has 0 fully saturated rings. The SMILES string of the molecule is Cc1cccc(-c2nc(N)c3cccc(C)c3n2)c1. The van der Waals surface area contributed by atoms with Crippen molar-refractivity contribution in [1.29, 1.82) is 0 Å². The Morgan fingerprint density at radius 1 is 0.947 bits per heavy atom. The van der Waals surface area contributed by atoms with Gasteiger partial charge >= 0.3 is 0 Å². The molecule has 0 bridgehead atoms. The standard InChI is InChI=1S/C16H15N3/c1-10-5-3-7-12(9-10)16-18-14-11(2)6-4-8-13(14)15(17)19-16/h3-9H,1-2H3,(H2,17,18,19). The summed E-state index contributed by atoms with van der Waals surface area (Å²) in [6, 6.07) is 14.1. The van der Waals surface area contributed by atoms with Gasteiger partial charge in [-0.3, -0.25) is 0 Å². The molecule has 0 saturated heterocycles. The molecule has 0 radical (unpaired) electrons. The number of hydrogen-bond acceptors (Lipinski definition) is 3. The Balaban J connectivity index is 2.29. The summed E-state index contributed by atoms with van der Waals surface area (Å²) in [5, 5.41) is 0.913. The lowest BCUT2D eigenvalue weighted by atomic mass is 10.1. The first kappa shape index (κ1) is 11.7. The summed E-state index contributed by atoms with van der Waals surface area (Å²) in [6.45, 7) is 4.09. The van der Waals surface area contributed by atoms with Gasteiger partial charge in [-0.1, -0.05) is 35.9 Å². The van der Waals surface area contributed by atoms with E-state index in [1.165, 1.54) is 5.56 Å². The molecule has 0 aliphatic carbocycles. The first-order valence-corrected chi connectivity index (χ1v) is 6.25. The average Bonchev–Trinajstić information content (AvgIpc) is 2.40. The monoisotopic (exact) mass is 249 g/mol. The predicted octanol–water partition coefficient (Wildman–Crippen LogP) is 3.50. The van der Waals surface area contributed by atoms with E-state index in [0.29, 0.717) is 11.6 Å². The quantitative estimate of drug-likeness (QED) is 0.718. The molecule has 19 heavy (non-hydrogen) atoms. The third-order valence-corrected chi connectivity index (χ3v) is 3.23. The summed E-state index contributed by atoms with van der Waals surface area (Å²) in [7, 11) is 0. The van der Waals surface area contributed by atoms with E-state index in [1.54, 1.807) is 0 Å². The molecule has 1 heterocycles. The van der Waals surface area contributed by atoms with Crippen LogP contribution in [-0.2, 0) is 0 Å². The van der Waals surface area contributed by atoms with E-state index in [9.17, 15) is 0 Å². The lowest BCUT2D eigenvalue weighted by molar-refractivity contribution is 1.22. The Hall–Kier alpha value is -2.42. The molecule has 2 aromatic carbocycles. The highest BCUT2D eigenvalue weighted by atomic mass is 14.9. The molecule has 2 N–H and O–H groups in total. The van der Waals surface area contributed by atoms with Gasteiger partial charge in [0.15, 0.2) is 5.82 Å². The van der Waals surface area contributed by atoms with Crippen LogP contribution >= 0.6 is 0 Å². The highest BCUT2D eigenvalue weighted by Crippen LogP contribution is 2.25. The zero-order valence-electron chi connectivity index (χ0n) is 11.0. The lowest BCUT2D eigenvalue weighted by Gasteiger charge is -2.07. The largest absolute Gasteiger partial charge is 0.383 e. The molecule has 0 saturated carbocycles. The third-order valence-electron chi connectivity index (χ3n) is 3.23. The van der Waals surface area contributed by atoms with Gasteiger partial charge in [0.1, 0.15) is 5.82 Å². The van der Waals surface area contributed by atoms with E-state index in [0.717, 1.165) is 22.0 Å². The highest BCUT2D eigenvalue weighted by molar-refractivity contribution is 5.91. The number of nitrogens with zero attached hydrogens (tertiary/aromatic N) is 2. The Labute approximate surface area is 112 Å². The fourth-order valence-corrected chi connectivity index (χ4v) is 2.23. The van der Waals surface area contributed by atoms with Crippen LogP contribution in [0.3, 0.4) is 0 Å². The van der Waals surface area contributed by atoms with Crippen LogP contribution < -0.4 is 5.73 Å². The number of anilines is 1. The van der Waals surface area contributed by atoms with Crippen LogP contribution in [0.4, 0.5) is 5.82 Å². The van der Waals surface area contributed by atoms with Gasteiger partial charge in [0.2, 0.25) is 0 Å². The molecular weight excluding hydrogens is 234 g/mol. The number of aryl methyl sites for hydroxylation is 2. The molecule has 94 valence electrons. The van der Waals surface area contributed by atoms with Crippen molar-refractivity contribution in [3.05, 3.63) is 53.6 Å². The van der Waals surface area contributed by atoms with Crippen LogP contribution in [0.2, 0.25) is 0 Å². The zero-order chi connectivity index (χ0) is 13.4. The van der Waals surface area contributed by atoms with Crippen LogP contribution in [0, 0.1) is 13.8 Å². The van der Waals surface area contributed by atoms with E-state index in [1.807, 2.05) is 37.3 Å². The summed E-state index contributed by atoms with van der Waals surface area (Å²) in [6.07, 6.45) is 0. The van der Waals surface area contributed by atoms with Gasteiger partial charge < -0.3 is 5.73 Å². The van der Waals surface area contributed by atoms with Crippen LogP contribution in [0.1, 0.15) is 11.1 Å². The number of benzene rings is 2. The normalized spacial score (nSPS) is 10.8. The minimum Gasteiger partial charge on any atom is -0.383 e. The Bertz CT molecular complexity index is 763. The van der Waals surface area contributed by atoms with Crippen LogP contribution in [0.5, 0.6) is 0 Å². The van der Waals surface area contributed by atoms with Crippen LogP contribution in [0.25, 0.3) is 22.3 Å². The molecular formula is C16H15N3. The van der Waals surface area contributed by atoms with Crippen molar-refractivity contribution in [2.75, 3.05) is 5.73 Å². The van der Waals surface area contributed by atoms with Gasteiger partial charge in [0.25, 0.3) is 0 Å². The summed E-state index contributed by atoms with van der Waals surface area (Å²) >= 11 is 0. The molecule has 0 aliphatic heterocycles. The summed E-state index contributed by atoms with van der Waals surface area (Å²) in [5.41, 5.74) is 10.3. The second kappa shape index (κ2) is 4.35. The van der Waals surface area contributed by atoms with Crippen molar-refractivity contribution >= 4 is 16.7 Å². The van der Waals surface area contributed by atoms with Crippen molar-refractivity contribution in [3.63, 3.8) is 0 Å². The van der Waals surface area contributed by atoms with Crippen molar-refractivity contribution < 1.29 is 0 Å². The van der Waals surface area contributed by atoms with Gasteiger partial charge in [-0.25, -0.2) is 9.97 Å². The molecule has 0 aliphatic rings. The van der Waals surface area contributed by atoms with Crippen molar-refractivity contribution in [2.45, 2.75) is 13.8 Å². The zero-order valence-corrected chi connectivity index (χ0v) is 11.0. The second-order valence-corrected chi connectivity index (χ2v) is 4.77. The first-order chi connectivity index (χ1) is 9.15. The number of hydrogen-bond donors (Lipinski definition) is 1. The maximum Gasteiger partial charge on any atom is 0.162 e. The number of aromatic nitrogens is 2. The van der Waals surface area contributed by atoms with E-state index in [4.69, 9.17) is 5.73 Å². The number of fused-ring (bicyclic) bond motifs is 1. The average molecular weight is 249 g/mol.